The number of esters is 1. The summed E-state index contributed by atoms with van der Waals surface area (Å²) in [6.45, 7) is 4.59. The van der Waals surface area contributed by atoms with Gasteiger partial charge in [-0.3, -0.25) is 4.79 Å². The molecule has 0 N–H and O–H groups in total. The van der Waals surface area contributed by atoms with Gasteiger partial charge in [0.25, 0.3) is 0 Å². The van der Waals surface area contributed by atoms with Crippen molar-refractivity contribution in [3.8, 4) is 0 Å². The fourth-order valence-corrected chi connectivity index (χ4v) is 6.21. The zero-order chi connectivity index (χ0) is 24.9. The molecule has 2 saturated heterocycles. The Balaban J connectivity index is 1.43. The number of rotatable bonds is 6. The lowest BCUT2D eigenvalue weighted by Gasteiger charge is -2.34. The molecule has 3 heterocycles. The molecular weight excluding hydrogens is 450 g/mol. The quantitative estimate of drug-likeness (QED) is 0.446. The van der Waals surface area contributed by atoms with Crippen LogP contribution < -0.4 is 4.90 Å². The minimum absolute atomic E-state index is 0.0504. The minimum atomic E-state index is -0.733. The van der Waals surface area contributed by atoms with Crippen LogP contribution in [0.1, 0.15) is 40.4 Å². The number of nitrogens with zero attached hydrogens (tertiary/aromatic N) is 1. The van der Waals surface area contributed by atoms with Crippen LogP contribution in [0.2, 0.25) is 0 Å². The van der Waals surface area contributed by atoms with Crippen molar-refractivity contribution in [2.75, 3.05) is 18.1 Å². The second kappa shape index (κ2) is 8.45. The fraction of sp³-hybridized carbons (Fsp3) is 0.290. The SMILES string of the molecule is CCOC(=O)c1cccc(N2C[C@]34C=C(c5cccc(C)c5)[C@H](C[C@@]3(Cc3ccccc3)C2=O)O4)c1. The van der Waals surface area contributed by atoms with Crippen molar-refractivity contribution in [1.82, 2.24) is 0 Å². The topological polar surface area (TPSA) is 55.8 Å². The standard InChI is InChI=1S/C31H29NO4/c1-3-35-28(33)24-13-8-14-25(16-24)32-20-31-18-26(23-12-7-9-21(2)15-23)27(36-31)19-30(31,29(32)34)17-22-10-5-4-6-11-22/h4-16,18,27H,3,17,19-20H2,1-2H3/t27-,30-,31+/m0/s1. The molecule has 182 valence electrons. The molecular formula is C31H29NO4. The van der Waals surface area contributed by atoms with Gasteiger partial charge in [-0.1, -0.05) is 66.2 Å². The maximum atomic E-state index is 14.3. The van der Waals surface area contributed by atoms with Gasteiger partial charge in [0.15, 0.2) is 0 Å². The molecule has 3 atom stereocenters. The average Bonchev–Trinajstić information content (AvgIpc) is 3.48. The van der Waals surface area contributed by atoms with E-state index in [1.54, 1.807) is 30.0 Å². The first-order valence-corrected chi connectivity index (χ1v) is 12.6. The van der Waals surface area contributed by atoms with Crippen LogP contribution in [0.3, 0.4) is 0 Å². The molecule has 3 aromatic carbocycles. The summed E-state index contributed by atoms with van der Waals surface area (Å²) in [7, 11) is 0. The summed E-state index contributed by atoms with van der Waals surface area (Å²) in [5.41, 5.74) is 4.33. The summed E-state index contributed by atoms with van der Waals surface area (Å²) < 4.78 is 11.9. The zero-order valence-corrected chi connectivity index (χ0v) is 20.6. The van der Waals surface area contributed by atoms with E-state index in [9.17, 15) is 9.59 Å². The number of fused-ring (bicyclic) bond motifs is 1. The molecule has 5 nitrogen and oxygen atoms in total. The highest BCUT2D eigenvalue weighted by atomic mass is 16.5. The lowest BCUT2D eigenvalue weighted by atomic mass is 9.65. The Morgan fingerprint density at radius 1 is 1.06 bits per heavy atom. The molecule has 0 aliphatic carbocycles. The first-order chi connectivity index (χ1) is 17.4. The first kappa shape index (κ1) is 22.7. The van der Waals surface area contributed by atoms with Crippen molar-refractivity contribution in [2.24, 2.45) is 5.41 Å². The summed E-state index contributed by atoms with van der Waals surface area (Å²) >= 11 is 0. The number of carbonyl (C=O) groups is 2. The van der Waals surface area contributed by atoms with Crippen LogP contribution >= 0.6 is 0 Å². The number of hydrogen-bond donors (Lipinski definition) is 0. The van der Waals surface area contributed by atoms with Gasteiger partial charge in [-0.15, -0.1) is 0 Å². The van der Waals surface area contributed by atoms with Gasteiger partial charge in [-0.2, -0.15) is 0 Å². The van der Waals surface area contributed by atoms with Gasteiger partial charge >= 0.3 is 5.97 Å². The van der Waals surface area contributed by atoms with Gasteiger partial charge in [0.05, 0.1) is 30.2 Å². The summed E-state index contributed by atoms with van der Waals surface area (Å²) in [5.74, 6) is -0.337. The molecule has 1 amide bonds. The van der Waals surface area contributed by atoms with E-state index in [2.05, 4.69) is 49.4 Å². The van der Waals surface area contributed by atoms with Crippen LogP contribution in [0.5, 0.6) is 0 Å². The number of aryl methyl sites for hydroxylation is 1. The number of ether oxygens (including phenoxy) is 2. The molecule has 36 heavy (non-hydrogen) atoms. The third kappa shape index (κ3) is 3.41. The van der Waals surface area contributed by atoms with Crippen LogP contribution in [0.25, 0.3) is 5.57 Å². The number of amides is 1. The van der Waals surface area contributed by atoms with E-state index < -0.39 is 11.0 Å². The van der Waals surface area contributed by atoms with Gasteiger partial charge in [-0.05, 0) is 67.7 Å². The van der Waals surface area contributed by atoms with E-state index in [0.717, 1.165) is 16.7 Å². The predicted octanol–water partition coefficient (Wildman–Crippen LogP) is 5.37. The Labute approximate surface area is 211 Å². The molecule has 3 aliphatic rings. The number of benzene rings is 3. The van der Waals surface area contributed by atoms with E-state index in [0.29, 0.717) is 37.2 Å². The van der Waals surface area contributed by atoms with Gasteiger partial charge in [0, 0.05) is 5.69 Å². The highest BCUT2D eigenvalue weighted by molar-refractivity contribution is 6.05. The van der Waals surface area contributed by atoms with Crippen LogP contribution in [0, 0.1) is 12.3 Å². The van der Waals surface area contributed by atoms with Gasteiger partial charge in [0.1, 0.15) is 5.60 Å². The maximum absolute atomic E-state index is 14.3. The molecule has 2 bridgehead atoms. The molecule has 3 aromatic rings. The van der Waals surface area contributed by atoms with Crippen LogP contribution in [-0.4, -0.2) is 36.7 Å². The lowest BCUT2D eigenvalue weighted by Crippen LogP contribution is -2.46. The fourth-order valence-electron chi connectivity index (χ4n) is 6.21. The molecule has 5 heteroatoms. The Hall–Kier alpha value is -3.70. The number of hydrogen-bond acceptors (Lipinski definition) is 4. The van der Waals surface area contributed by atoms with Crippen molar-refractivity contribution in [3.05, 3.63) is 107 Å². The van der Waals surface area contributed by atoms with Crippen molar-refractivity contribution in [1.29, 1.82) is 0 Å². The summed E-state index contributed by atoms with van der Waals surface area (Å²) in [6, 6.07) is 25.8. The zero-order valence-electron chi connectivity index (χ0n) is 20.6. The van der Waals surface area contributed by atoms with Gasteiger partial charge < -0.3 is 14.4 Å². The summed E-state index contributed by atoms with van der Waals surface area (Å²) in [6.07, 6.45) is 3.34. The van der Waals surface area contributed by atoms with Crippen LogP contribution in [-0.2, 0) is 20.7 Å². The Morgan fingerprint density at radius 2 is 1.86 bits per heavy atom. The molecule has 0 unspecified atom stereocenters. The van der Waals surface area contributed by atoms with Crippen LogP contribution in [0.4, 0.5) is 5.69 Å². The normalized spacial score (nSPS) is 26.2. The van der Waals surface area contributed by atoms with Gasteiger partial charge in [0.2, 0.25) is 5.91 Å². The molecule has 0 radical (unpaired) electrons. The molecule has 3 aliphatic heterocycles. The third-order valence-corrected chi connectivity index (χ3v) is 7.85. The second-order valence-corrected chi connectivity index (χ2v) is 10.1. The third-order valence-electron chi connectivity index (χ3n) is 7.85. The Kier molecular flexibility index (Phi) is 5.34. The van der Waals surface area contributed by atoms with Crippen molar-refractivity contribution < 1.29 is 19.1 Å². The molecule has 0 aromatic heterocycles. The summed E-state index contributed by atoms with van der Waals surface area (Å²) in [5, 5.41) is 0. The van der Waals surface area contributed by atoms with Crippen LogP contribution in [0.15, 0.2) is 84.9 Å². The number of carbonyl (C=O) groups excluding carboxylic acids is 2. The van der Waals surface area contributed by atoms with E-state index >= 15 is 0 Å². The smallest absolute Gasteiger partial charge is 0.338 e. The molecule has 1 spiro atoms. The van der Waals surface area contributed by atoms with E-state index in [-0.39, 0.29) is 18.0 Å². The van der Waals surface area contributed by atoms with Crippen molar-refractivity contribution in [2.45, 2.75) is 38.4 Å². The molecule has 6 rings (SSSR count). The van der Waals surface area contributed by atoms with Crippen molar-refractivity contribution in [3.63, 3.8) is 0 Å². The van der Waals surface area contributed by atoms with E-state index in [1.807, 2.05) is 24.3 Å². The first-order valence-electron chi connectivity index (χ1n) is 12.6. The molecule has 0 saturated carbocycles. The molecule has 2 fully saturated rings. The highest BCUT2D eigenvalue weighted by Gasteiger charge is 2.72. The van der Waals surface area contributed by atoms with Crippen molar-refractivity contribution >= 4 is 23.1 Å². The Bertz CT molecular complexity index is 1380. The van der Waals surface area contributed by atoms with E-state index in [4.69, 9.17) is 9.47 Å². The Morgan fingerprint density at radius 3 is 2.64 bits per heavy atom. The monoisotopic (exact) mass is 479 g/mol. The average molecular weight is 480 g/mol. The second-order valence-electron chi connectivity index (χ2n) is 10.1. The highest BCUT2D eigenvalue weighted by Crippen LogP contribution is 2.62. The van der Waals surface area contributed by atoms with Gasteiger partial charge in [-0.25, -0.2) is 4.79 Å². The minimum Gasteiger partial charge on any atom is -0.462 e. The maximum Gasteiger partial charge on any atom is 0.338 e. The van der Waals surface area contributed by atoms with E-state index in [1.165, 1.54) is 5.56 Å². The number of anilines is 1. The predicted molar refractivity (Wildman–Crippen MR) is 139 cm³/mol. The summed E-state index contributed by atoms with van der Waals surface area (Å²) in [4.78, 5) is 28.5. The lowest BCUT2D eigenvalue weighted by molar-refractivity contribution is -0.128. The largest absolute Gasteiger partial charge is 0.462 e.